The third-order valence-electron chi connectivity index (χ3n) is 20.3. The van der Waals surface area contributed by atoms with Crippen LogP contribution in [0, 0.1) is 56.2 Å². The fourth-order valence-electron chi connectivity index (χ4n) is 16.0. The Morgan fingerprint density at radius 3 is 1.58 bits per heavy atom. The molecule has 1 N–H and O–H groups in total. The predicted molar refractivity (Wildman–Crippen MR) is 266 cm³/mol. The van der Waals surface area contributed by atoms with Gasteiger partial charge in [0.1, 0.15) is 6.10 Å². The molecule has 0 aromatic carbocycles. The molecular weight excluding hydrogens is 757 g/mol. The van der Waals surface area contributed by atoms with Crippen molar-refractivity contribution in [1.29, 1.82) is 0 Å². The maximum absolute atomic E-state index is 13.3. The molecule has 0 aromatic heterocycles. The molecule has 0 bridgehead atoms. The van der Waals surface area contributed by atoms with Gasteiger partial charge in [-0.15, -0.1) is 0 Å². The number of allylic oxidation sites excluding steroid dienone is 2. The number of carbonyl (C=O) groups excluding carboxylic acids is 1. The second kappa shape index (κ2) is 23.8. The number of hydrogen-bond acceptors (Lipinski definition) is 3. The Kier molecular flexibility index (Phi) is 20.0. The van der Waals surface area contributed by atoms with Crippen LogP contribution in [-0.4, -0.2) is 23.8 Å². The van der Waals surface area contributed by atoms with E-state index in [-0.39, 0.29) is 39.1 Å². The van der Waals surface area contributed by atoms with Crippen LogP contribution in [0.5, 0.6) is 0 Å². The number of fused-ring (bicyclic) bond motifs is 7. The Morgan fingerprint density at radius 1 is 0.613 bits per heavy atom. The van der Waals surface area contributed by atoms with Crippen molar-refractivity contribution < 1.29 is 14.6 Å². The van der Waals surface area contributed by atoms with E-state index in [1.54, 1.807) is 5.57 Å². The van der Waals surface area contributed by atoms with Crippen molar-refractivity contribution in [2.24, 2.45) is 56.2 Å². The highest BCUT2D eigenvalue weighted by molar-refractivity contribution is 5.69. The molecule has 0 heterocycles. The van der Waals surface area contributed by atoms with E-state index in [9.17, 15) is 9.90 Å². The monoisotopic (exact) mass is 863 g/mol. The van der Waals surface area contributed by atoms with Gasteiger partial charge in [0.2, 0.25) is 0 Å². The van der Waals surface area contributed by atoms with E-state index in [0.29, 0.717) is 42.1 Å². The molecule has 0 amide bonds. The van der Waals surface area contributed by atoms with E-state index >= 15 is 0 Å². The SMILES string of the molecule is CCCCCCCCCCCCCCCCCCCCCCCCCCCC(=O)O[C@@H]1CC[C@]2(C)[C@H]3CC=C4[C@H]5CC(C)(C)CC[C@]5(CO)[C@@H](C)C[C@@]4(C)[C@]3(C)CC[C@H]2C1(C)C. The average molecular weight is 863 g/mol. The highest BCUT2D eigenvalue weighted by atomic mass is 16.5. The van der Waals surface area contributed by atoms with Crippen LogP contribution in [-0.2, 0) is 9.53 Å². The Labute approximate surface area is 386 Å². The predicted octanol–water partition coefficient (Wildman–Crippen LogP) is 18.1. The fourth-order valence-corrected chi connectivity index (χ4v) is 16.0. The maximum atomic E-state index is 13.3. The van der Waals surface area contributed by atoms with Crippen LogP contribution in [0.25, 0.3) is 0 Å². The molecule has 5 aliphatic rings. The third kappa shape index (κ3) is 12.2. The maximum Gasteiger partial charge on any atom is 0.306 e. The summed E-state index contributed by atoms with van der Waals surface area (Å²) in [5.74, 6) is 2.31. The number of aliphatic hydroxyl groups is 1. The number of hydrogen-bond donors (Lipinski definition) is 1. The molecule has 3 heteroatoms. The van der Waals surface area contributed by atoms with Gasteiger partial charge in [-0.3, -0.25) is 4.79 Å². The first-order valence-corrected chi connectivity index (χ1v) is 28.1. The lowest BCUT2D eigenvalue weighted by Crippen LogP contribution is -2.66. The Hall–Kier alpha value is -0.830. The minimum absolute atomic E-state index is 0.0138. The molecule has 5 rings (SSSR count). The first-order chi connectivity index (χ1) is 29.6. The number of unbranched alkanes of at least 4 members (excludes halogenated alkanes) is 24. The summed E-state index contributed by atoms with van der Waals surface area (Å²) in [4.78, 5) is 13.3. The minimum atomic E-state index is -0.0138. The molecular formula is C59H106O3. The lowest BCUT2D eigenvalue weighted by molar-refractivity contribution is -0.217. The van der Waals surface area contributed by atoms with Crippen LogP contribution in [0.1, 0.15) is 287 Å². The van der Waals surface area contributed by atoms with Crippen LogP contribution in [0.15, 0.2) is 11.6 Å². The van der Waals surface area contributed by atoms with E-state index in [4.69, 9.17) is 4.74 Å². The Bertz CT molecular complexity index is 1360. The van der Waals surface area contributed by atoms with Crippen molar-refractivity contribution in [2.45, 2.75) is 293 Å². The average Bonchev–Trinajstić information content (AvgIpc) is 3.22. The van der Waals surface area contributed by atoms with Gasteiger partial charge >= 0.3 is 5.97 Å². The first-order valence-electron chi connectivity index (χ1n) is 28.1. The van der Waals surface area contributed by atoms with Gasteiger partial charge in [-0.1, -0.05) is 228 Å². The van der Waals surface area contributed by atoms with Crippen molar-refractivity contribution in [1.82, 2.24) is 0 Å². The zero-order chi connectivity index (χ0) is 44.9. The van der Waals surface area contributed by atoms with Crippen LogP contribution < -0.4 is 0 Å². The van der Waals surface area contributed by atoms with E-state index in [0.717, 1.165) is 19.3 Å². The summed E-state index contributed by atoms with van der Waals surface area (Å²) in [6.07, 6.45) is 49.0. The van der Waals surface area contributed by atoms with Gasteiger partial charge in [-0.2, -0.15) is 0 Å². The van der Waals surface area contributed by atoms with Crippen molar-refractivity contribution >= 4 is 5.97 Å². The lowest BCUT2D eigenvalue weighted by atomic mass is 9.32. The summed E-state index contributed by atoms with van der Waals surface area (Å²) >= 11 is 0. The molecule has 5 aliphatic carbocycles. The van der Waals surface area contributed by atoms with E-state index in [2.05, 4.69) is 68.4 Å². The van der Waals surface area contributed by atoms with E-state index < -0.39 is 0 Å². The minimum Gasteiger partial charge on any atom is -0.462 e. The lowest BCUT2D eigenvalue weighted by Gasteiger charge is -2.72. The molecule has 0 radical (unpaired) electrons. The number of esters is 1. The quantitative estimate of drug-likeness (QED) is 0.0484. The van der Waals surface area contributed by atoms with Crippen LogP contribution in [0.2, 0.25) is 0 Å². The Morgan fingerprint density at radius 2 is 1.10 bits per heavy atom. The third-order valence-corrected chi connectivity index (χ3v) is 20.3. The van der Waals surface area contributed by atoms with E-state index in [1.807, 2.05) is 0 Å². The fraction of sp³-hybridized carbons (Fsp3) is 0.949. The first kappa shape index (κ1) is 52.1. The van der Waals surface area contributed by atoms with Gasteiger partial charge in [0.15, 0.2) is 0 Å². The normalized spacial score (nSPS) is 34.7. The van der Waals surface area contributed by atoms with Gasteiger partial charge in [-0.05, 0) is 110 Å². The molecule has 360 valence electrons. The Balaban J connectivity index is 0.921. The van der Waals surface area contributed by atoms with Crippen molar-refractivity contribution in [2.75, 3.05) is 6.61 Å². The van der Waals surface area contributed by atoms with Crippen LogP contribution in [0.4, 0.5) is 0 Å². The molecule has 0 unspecified atom stereocenters. The smallest absolute Gasteiger partial charge is 0.306 e. The van der Waals surface area contributed by atoms with Gasteiger partial charge in [0.25, 0.3) is 0 Å². The summed E-state index contributed by atoms with van der Waals surface area (Å²) in [6, 6.07) is 0. The molecule has 3 nitrogen and oxygen atoms in total. The van der Waals surface area contributed by atoms with Gasteiger partial charge in [-0.25, -0.2) is 0 Å². The zero-order valence-electron chi connectivity index (χ0n) is 43.2. The second-order valence-corrected chi connectivity index (χ2v) is 25.3. The molecule has 4 fully saturated rings. The summed E-state index contributed by atoms with van der Waals surface area (Å²) < 4.78 is 6.46. The molecule has 0 spiro atoms. The summed E-state index contributed by atoms with van der Waals surface area (Å²) in [5.41, 5.74) is 2.80. The van der Waals surface area contributed by atoms with Gasteiger partial charge < -0.3 is 9.84 Å². The largest absolute Gasteiger partial charge is 0.462 e. The standard InChI is InChI=1S/C59H106O3/c1-10-11-12-13-14-15-16-17-18-19-20-21-22-23-24-25-26-27-28-29-30-31-32-33-34-35-53(61)62-52-39-40-56(7)50(55(52,5)6)38-41-57(8)51(56)37-36-48-49-45-54(3,4)42-43-59(49,46-60)47(2)44-58(48,57)9/h36,47,49-52,60H,10-35,37-46H2,1-9H3/t47-,49+,50-,51+,52+,56-,57+,58+,59-/m0/s1. The van der Waals surface area contributed by atoms with Crippen molar-refractivity contribution in [3.8, 4) is 0 Å². The summed E-state index contributed by atoms with van der Waals surface area (Å²) in [7, 11) is 0. The number of aliphatic hydroxyl groups excluding tert-OH is 1. The van der Waals surface area contributed by atoms with Crippen molar-refractivity contribution in [3.05, 3.63) is 11.6 Å². The number of rotatable bonds is 28. The van der Waals surface area contributed by atoms with E-state index in [1.165, 1.54) is 199 Å². The molecule has 0 saturated heterocycles. The summed E-state index contributed by atoms with van der Waals surface area (Å²) in [5, 5.41) is 11.0. The molecule has 0 aromatic rings. The van der Waals surface area contributed by atoms with Crippen molar-refractivity contribution in [3.63, 3.8) is 0 Å². The zero-order valence-corrected chi connectivity index (χ0v) is 43.2. The van der Waals surface area contributed by atoms with Crippen LogP contribution in [0.3, 0.4) is 0 Å². The highest BCUT2D eigenvalue weighted by Gasteiger charge is 2.69. The molecule has 4 saturated carbocycles. The number of carbonyl (C=O) groups is 1. The summed E-state index contributed by atoms with van der Waals surface area (Å²) in [6.45, 7) is 23.0. The van der Waals surface area contributed by atoms with Gasteiger partial charge in [0, 0.05) is 23.9 Å². The number of ether oxygens (including phenoxy) is 1. The van der Waals surface area contributed by atoms with Gasteiger partial charge in [0.05, 0.1) is 0 Å². The highest BCUT2D eigenvalue weighted by Crippen LogP contribution is 2.76. The topological polar surface area (TPSA) is 46.5 Å². The second-order valence-electron chi connectivity index (χ2n) is 25.3. The molecule has 9 atom stereocenters. The molecule has 0 aliphatic heterocycles. The molecule has 62 heavy (non-hydrogen) atoms. The van der Waals surface area contributed by atoms with Crippen LogP contribution >= 0.6 is 0 Å².